The summed E-state index contributed by atoms with van der Waals surface area (Å²) in [7, 11) is 6.75. The maximum absolute atomic E-state index is 2.33. The highest BCUT2D eigenvalue weighted by Crippen LogP contribution is 2.16. The van der Waals surface area contributed by atoms with Crippen molar-refractivity contribution in [3.05, 3.63) is 35.9 Å². The van der Waals surface area contributed by atoms with Gasteiger partial charge in [0.15, 0.2) is 0 Å². The molecule has 0 aliphatic heterocycles. The zero-order chi connectivity index (χ0) is 12.7. The van der Waals surface area contributed by atoms with E-state index in [1.807, 2.05) is 0 Å². The van der Waals surface area contributed by atoms with Crippen LogP contribution in [-0.4, -0.2) is 40.8 Å². The van der Waals surface area contributed by atoms with Crippen LogP contribution in [0.25, 0.3) is 0 Å². The van der Waals surface area contributed by atoms with E-state index in [0.29, 0.717) is 5.92 Å². The molecule has 2 heteroatoms. The molecule has 0 bridgehead atoms. The predicted octanol–water partition coefficient (Wildman–Crippen LogP) is -0.161. The first-order valence-electron chi connectivity index (χ1n) is 6.75. The summed E-state index contributed by atoms with van der Waals surface area (Å²) in [4.78, 5) is 3.19. The van der Waals surface area contributed by atoms with Crippen molar-refractivity contribution in [3.63, 3.8) is 0 Å². The van der Waals surface area contributed by atoms with Gasteiger partial charge < -0.3 is 9.80 Å². The minimum Gasteiger partial charge on any atom is -0.335 e. The van der Waals surface area contributed by atoms with Crippen molar-refractivity contribution in [1.29, 1.82) is 0 Å². The maximum Gasteiger partial charge on any atom is 0.127 e. The number of quaternary nitrogens is 2. The van der Waals surface area contributed by atoms with Gasteiger partial charge in [-0.2, -0.15) is 0 Å². The summed E-state index contributed by atoms with van der Waals surface area (Å²) < 4.78 is 0. The van der Waals surface area contributed by atoms with Crippen LogP contribution in [0.15, 0.2) is 30.3 Å². The summed E-state index contributed by atoms with van der Waals surface area (Å²) >= 11 is 0. The Hall–Kier alpha value is -0.860. The fourth-order valence-electron chi connectivity index (χ4n) is 2.00. The van der Waals surface area contributed by atoms with Crippen molar-refractivity contribution in [2.75, 3.05) is 40.8 Å². The van der Waals surface area contributed by atoms with Crippen LogP contribution in [0.4, 0.5) is 0 Å². The van der Waals surface area contributed by atoms with E-state index in [0.717, 1.165) is 0 Å². The fraction of sp³-hybridized carbons (Fsp3) is 0.600. The molecule has 1 rings (SSSR count). The zero-order valence-corrected chi connectivity index (χ0v) is 11.8. The van der Waals surface area contributed by atoms with E-state index in [4.69, 9.17) is 0 Å². The zero-order valence-electron chi connectivity index (χ0n) is 11.8. The molecule has 0 amide bonds. The molecule has 0 spiro atoms. The van der Waals surface area contributed by atoms with Gasteiger partial charge in [-0.15, -0.1) is 0 Å². The standard InChI is InChI=1S/C15H26N2/c1-14(15-8-6-5-7-9-15)10-11-17(4)13-12-16(2)3/h5-9,14H,10-13H2,1-4H3/p+2/t14-/m0/s1. The molecule has 2 atom stereocenters. The highest BCUT2D eigenvalue weighted by Gasteiger charge is 2.09. The van der Waals surface area contributed by atoms with Crippen molar-refractivity contribution in [1.82, 2.24) is 0 Å². The number of likely N-dealkylation sites (N-methyl/N-ethyl adjacent to an activating group) is 2. The average molecular weight is 236 g/mol. The summed E-state index contributed by atoms with van der Waals surface area (Å²) in [5, 5.41) is 0. The van der Waals surface area contributed by atoms with Gasteiger partial charge in [-0.25, -0.2) is 0 Å². The lowest BCUT2D eigenvalue weighted by Crippen LogP contribution is -3.16. The van der Waals surface area contributed by atoms with Crippen LogP contribution < -0.4 is 9.80 Å². The van der Waals surface area contributed by atoms with Crippen LogP contribution in [0.2, 0.25) is 0 Å². The molecule has 1 aromatic carbocycles. The molecular formula is C15H28N2+2. The van der Waals surface area contributed by atoms with E-state index in [-0.39, 0.29) is 0 Å². The fourth-order valence-corrected chi connectivity index (χ4v) is 2.00. The minimum absolute atomic E-state index is 0.679. The van der Waals surface area contributed by atoms with Crippen molar-refractivity contribution in [3.8, 4) is 0 Å². The molecule has 2 N–H and O–H groups in total. The molecule has 0 heterocycles. The second-order valence-electron chi connectivity index (χ2n) is 5.51. The van der Waals surface area contributed by atoms with E-state index in [1.54, 1.807) is 9.80 Å². The Kier molecular flexibility index (Phi) is 6.23. The van der Waals surface area contributed by atoms with Gasteiger partial charge in [0, 0.05) is 6.42 Å². The van der Waals surface area contributed by atoms with Gasteiger partial charge in [0.2, 0.25) is 0 Å². The average Bonchev–Trinajstić information content (AvgIpc) is 2.34. The molecule has 96 valence electrons. The van der Waals surface area contributed by atoms with Crippen molar-refractivity contribution in [2.24, 2.45) is 0 Å². The molecule has 1 unspecified atom stereocenters. The van der Waals surface area contributed by atoms with Gasteiger partial charge in [0.25, 0.3) is 0 Å². The quantitative estimate of drug-likeness (QED) is 0.651. The summed E-state index contributed by atoms with van der Waals surface area (Å²) in [6.07, 6.45) is 1.28. The third kappa shape index (κ3) is 5.85. The molecule has 2 nitrogen and oxygen atoms in total. The molecule has 0 aromatic heterocycles. The van der Waals surface area contributed by atoms with Gasteiger partial charge in [0.1, 0.15) is 13.1 Å². The topological polar surface area (TPSA) is 8.88 Å². The van der Waals surface area contributed by atoms with E-state index in [9.17, 15) is 0 Å². The van der Waals surface area contributed by atoms with Crippen LogP contribution >= 0.6 is 0 Å². The maximum atomic E-state index is 2.33. The number of hydrogen-bond acceptors (Lipinski definition) is 0. The number of rotatable bonds is 7. The molecule has 0 fully saturated rings. The Morgan fingerprint density at radius 1 is 0.941 bits per heavy atom. The first kappa shape index (κ1) is 14.2. The van der Waals surface area contributed by atoms with Crippen molar-refractivity contribution in [2.45, 2.75) is 19.3 Å². The molecule has 0 saturated heterocycles. The Labute approximate surface area is 106 Å². The highest BCUT2D eigenvalue weighted by atomic mass is 15.1. The first-order chi connectivity index (χ1) is 8.09. The molecule has 17 heavy (non-hydrogen) atoms. The summed E-state index contributed by atoms with van der Waals surface area (Å²) in [5.74, 6) is 0.679. The van der Waals surface area contributed by atoms with Gasteiger partial charge in [-0.1, -0.05) is 37.3 Å². The first-order valence-corrected chi connectivity index (χ1v) is 6.75. The second-order valence-corrected chi connectivity index (χ2v) is 5.51. The lowest BCUT2D eigenvalue weighted by atomic mass is 9.98. The monoisotopic (exact) mass is 236 g/mol. The molecule has 0 aliphatic rings. The van der Waals surface area contributed by atoms with Crippen LogP contribution in [0.1, 0.15) is 24.8 Å². The summed E-state index contributed by atoms with van der Waals surface area (Å²) in [5.41, 5.74) is 1.47. The number of hydrogen-bond donors (Lipinski definition) is 2. The van der Waals surface area contributed by atoms with Gasteiger partial charge in [0.05, 0.1) is 27.7 Å². The SMILES string of the molecule is C[C@@H](CC[NH+](C)CC[NH+](C)C)c1ccccc1. The van der Waals surface area contributed by atoms with E-state index >= 15 is 0 Å². The second kappa shape index (κ2) is 7.46. The lowest BCUT2D eigenvalue weighted by Gasteiger charge is -2.18. The summed E-state index contributed by atoms with van der Waals surface area (Å²) in [6, 6.07) is 10.8. The van der Waals surface area contributed by atoms with Crippen LogP contribution in [0.5, 0.6) is 0 Å². The number of nitrogens with one attached hydrogen (secondary N) is 2. The molecular weight excluding hydrogens is 208 g/mol. The van der Waals surface area contributed by atoms with Gasteiger partial charge in [-0.05, 0) is 11.5 Å². The van der Waals surface area contributed by atoms with Crippen LogP contribution in [0.3, 0.4) is 0 Å². The smallest absolute Gasteiger partial charge is 0.127 e. The lowest BCUT2D eigenvalue weighted by molar-refractivity contribution is -0.929. The predicted molar refractivity (Wildman–Crippen MR) is 73.8 cm³/mol. The van der Waals surface area contributed by atoms with Crippen LogP contribution in [0, 0.1) is 0 Å². The highest BCUT2D eigenvalue weighted by molar-refractivity contribution is 5.18. The minimum atomic E-state index is 0.679. The molecule has 0 radical (unpaired) electrons. The van der Waals surface area contributed by atoms with E-state index in [1.165, 1.54) is 31.6 Å². The Balaban J connectivity index is 2.26. The molecule has 1 aromatic rings. The largest absolute Gasteiger partial charge is 0.335 e. The van der Waals surface area contributed by atoms with Crippen molar-refractivity contribution >= 4 is 0 Å². The third-order valence-electron chi connectivity index (χ3n) is 3.42. The molecule has 0 saturated carbocycles. The van der Waals surface area contributed by atoms with Crippen LogP contribution in [-0.2, 0) is 0 Å². The Morgan fingerprint density at radius 2 is 1.59 bits per heavy atom. The number of benzene rings is 1. The van der Waals surface area contributed by atoms with Gasteiger partial charge in [-0.3, -0.25) is 0 Å². The van der Waals surface area contributed by atoms with E-state index in [2.05, 4.69) is 58.4 Å². The van der Waals surface area contributed by atoms with Gasteiger partial charge >= 0.3 is 0 Å². The molecule has 0 aliphatic carbocycles. The Morgan fingerprint density at radius 3 is 2.18 bits per heavy atom. The third-order valence-corrected chi connectivity index (χ3v) is 3.42. The van der Waals surface area contributed by atoms with E-state index < -0.39 is 0 Å². The normalized spacial score (nSPS) is 14.9. The Bertz CT molecular complexity index is 295. The van der Waals surface area contributed by atoms with Crippen molar-refractivity contribution < 1.29 is 9.80 Å². The summed E-state index contributed by atoms with van der Waals surface area (Å²) in [6.45, 7) is 6.12.